The largest absolute Gasteiger partial charge is 0.496 e. The minimum Gasteiger partial charge on any atom is -0.496 e. The molecule has 0 aliphatic heterocycles. The average Bonchev–Trinajstić information content (AvgIpc) is 3.27. The van der Waals surface area contributed by atoms with E-state index in [1.807, 2.05) is 0 Å². The fourth-order valence-corrected chi connectivity index (χ4v) is 3.13. The maximum absolute atomic E-state index is 13.4. The summed E-state index contributed by atoms with van der Waals surface area (Å²) in [5.74, 6) is -2.06. The fourth-order valence-electron chi connectivity index (χ4n) is 2.51. The Morgan fingerprint density at radius 1 is 1.07 bits per heavy atom. The Bertz CT molecular complexity index is 1050. The highest BCUT2D eigenvalue weighted by atomic mass is 32.1. The van der Waals surface area contributed by atoms with Crippen LogP contribution >= 0.6 is 11.3 Å². The summed E-state index contributed by atoms with van der Waals surface area (Å²) in [5, 5.41) is 4.48. The van der Waals surface area contributed by atoms with Gasteiger partial charge in [0.2, 0.25) is 5.78 Å². The lowest BCUT2D eigenvalue weighted by Gasteiger charge is -2.09. The summed E-state index contributed by atoms with van der Waals surface area (Å²) >= 11 is 1.30. The molecule has 6 nitrogen and oxygen atoms in total. The van der Waals surface area contributed by atoms with Crippen molar-refractivity contribution < 1.29 is 28.2 Å². The Labute approximate surface area is 169 Å². The van der Waals surface area contributed by atoms with Crippen LogP contribution < -0.4 is 10.1 Å². The zero-order chi connectivity index (χ0) is 20.8. The lowest BCUT2D eigenvalue weighted by molar-refractivity contribution is 0.0474. The maximum atomic E-state index is 13.4. The first kappa shape index (κ1) is 20.2. The van der Waals surface area contributed by atoms with Crippen molar-refractivity contribution in [3.8, 4) is 5.75 Å². The molecule has 0 radical (unpaired) electrons. The molecule has 0 fully saturated rings. The zero-order valence-corrected chi connectivity index (χ0v) is 16.1. The molecule has 2 aromatic carbocycles. The number of esters is 1. The van der Waals surface area contributed by atoms with Gasteiger partial charge >= 0.3 is 5.97 Å². The van der Waals surface area contributed by atoms with Gasteiger partial charge in [0.25, 0.3) is 5.91 Å². The van der Waals surface area contributed by atoms with E-state index < -0.39 is 24.2 Å². The van der Waals surface area contributed by atoms with Gasteiger partial charge < -0.3 is 14.8 Å². The van der Waals surface area contributed by atoms with Crippen LogP contribution in [0.5, 0.6) is 5.75 Å². The molecule has 0 saturated heterocycles. The molecule has 1 aromatic heterocycles. The molecule has 0 bridgehead atoms. The van der Waals surface area contributed by atoms with E-state index in [9.17, 15) is 18.8 Å². The smallest absolute Gasteiger partial charge is 0.338 e. The number of carbonyl (C=O) groups is 3. The van der Waals surface area contributed by atoms with E-state index in [1.54, 1.807) is 29.6 Å². The van der Waals surface area contributed by atoms with Crippen molar-refractivity contribution in [2.24, 2.45) is 0 Å². The monoisotopic (exact) mass is 413 g/mol. The first-order chi connectivity index (χ1) is 14.0. The van der Waals surface area contributed by atoms with E-state index >= 15 is 0 Å². The standard InChI is InChI=1S/C21H16FNO5S/c1-27-18-8-7-14(22)11-16(18)17(24)12-28-21(26)13-4-2-5-15(10-13)23-20(25)19-6-3-9-29-19/h2-11H,12H2,1H3,(H,23,25). The average molecular weight is 413 g/mol. The van der Waals surface area contributed by atoms with E-state index in [0.717, 1.165) is 12.1 Å². The number of hydrogen-bond donors (Lipinski definition) is 1. The molecule has 0 atom stereocenters. The molecule has 8 heteroatoms. The number of carbonyl (C=O) groups excluding carboxylic acids is 3. The van der Waals surface area contributed by atoms with Crippen molar-refractivity contribution in [1.29, 1.82) is 0 Å². The summed E-state index contributed by atoms with van der Waals surface area (Å²) in [6.45, 7) is -0.579. The molecular formula is C21H16FNO5S. The lowest BCUT2D eigenvalue weighted by atomic mass is 10.1. The maximum Gasteiger partial charge on any atom is 0.338 e. The van der Waals surface area contributed by atoms with Crippen LogP contribution in [0.25, 0.3) is 0 Å². The number of nitrogens with one attached hydrogen (secondary N) is 1. The lowest BCUT2D eigenvalue weighted by Crippen LogP contribution is -2.16. The number of hydrogen-bond acceptors (Lipinski definition) is 6. The van der Waals surface area contributed by atoms with Crippen molar-refractivity contribution in [2.45, 2.75) is 0 Å². The van der Waals surface area contributed by atoms with Gasteiger partial charge in [0, 0.05) is 5.69 Å². The number of halogens is 1. The van der Waals surface area contributed by atoms with E-state index in [1.165, 1.54) is 36.6 Å². The Kier molecular flexibility index (Phi) is 6.36. The summed E-state index contributed by atoms with van der Waals surface area (Å²) in [6.07, 6.45) is 0. The SMILES string of the molecule is COc1ccc(F)cc1C(=O)COC(=O)c1cccc(NC(=O)c2cccs2)c1. The Morgan fingerprint density at radius 2 is 1.90 bits per heavy atom. The summed E-state index contributed by atoms with van der Waals surface area (Å²) in [6, 6.07) is 13.1. The Hall–Kier alpha value is -3.52. The quantitative estimate of drug-likeness (QED) is 0.464. The molecule has 3 aromatic rings. The minimum atomic E-state index is -0.749. The van der Waals surface area contributed by atoms with Gasteiger partial charge in [0.05, 0.1) is 23.1 Å². The highest BCUT2D eigenvalue weighted by Gasteiger charge is 2.17. The summed E-state index contributed by atoms with van der Waals surface area (Å²) < 4.78 is 23.5. The van der Waals surface area contributed by atoms with Crippen molar-refractivity contribution in [1.82, 2.24) is 0 Å². The Morgan fingerprint density at radius 3 is 2.62 bits per heavy atom. The van der Waals surface area contributed by atoms with Crippen LogP contribution in [0.15, 0.2) is 60.0 Å². The molecular weight excluding hydrogens is 397 g/mol. The molecule has 0 aliphatic rings. The van der Waals surface area contributed by atoms with Gasteiger partial charge in [-0.15, -0.1) is 11.3 Å². The summed E-state index contributed by atoms with van der Waals surface area (Å²) in [7, 11) is 1.35. The third kappa shape index (κ3) is 5.05. The predicted molar refractivity (Wildman–Crippen MR) is 106 cm³/mol. The second-order valence-electron chi connectivity index (χ2n) is 5.86. The first-order valence-electron chi connectivity index (χ1n) is 8.46. The van der Waals surface area contributed by atoms with Crippen LogP contribution in [-0.4, -0.2) is 31.4 Å². The van der Waals surface area contributed by atoms with E-state index in [4.69, 9.17) is 9.47 Å². The van der Waals surface area contributed by atoms with Crippen LogP contribution in [-0.2, 0) is 4.74 Å². The third-order valence-corrected chi connectivity index (χ3v) is 4.77. The Balaban J connectivity index is 1.64. The van der Waals surface area contributed by atoms with Crippen molar-refractivity contribution in [3.63, 3.8) is 0 Å². The molecule has 148 valence electrons. The third-order valence-electron chi connectivity index (χ3n) is 3.90. The van der Waals surface area contributed by atoms with Crippen molar-refractivity contribution >= 4 is 34.7 Å². The second kappa shape index (κ2) is 9.11. The van der Waals surface area contributed by atoms with Crippen LogP contribution in [0.3, 0.4) is 0 Å². The molecule has 3 rings (SSSR count). The highest BCUT2D eigenvalue weighted by Crippen LogP contribution is 2.20. The summed E-state index contributed by atoms with van der Waals surface area (Å²) in [5.41, 5.74) is 0.557. The molecule has 1 amide bonds. The van der Waals surface area contributed by atoms with E-state index in [2.05, 4.69) is 5.32 Å². The topological polar surface area (TPSA) is 81.7 Å². The first-order valence-corrected chi connectivity index (χ1v) is 9.34. The minimum absolute atomic E-state index is 0.0164. The van der Waals surface area contributed by atoms with Crippen LogP contribution in [0, 0.1) is 5.82 Å². The van der Waals surface area contributed by atoms with Crippen molar-refractivity contribution in [3.05, 3.63) is 81.8 Å². The van der Waals surface area contributed by atoms with Crippen LogP contribution in [0.2, 0.25) is 0 Å². The normalized spacial score (nSPS) is 10.3. The second-order valence-corrected chi connectivity index (χ2v) is 6.80. The molecule has 0 spiro atoms. The predicted octanol–water partition coefficient (Wildman–Crippen LogP) is 4.19. The number of thiophene rings is 1. The van der Waals surface area contributed by atoms with E-state index in [0.29, 0.717) is 10.6 Å². The fraction of sp³-hybridized carbons (Fsp3) is 0.0952. The zero-order valence-electron chi connectivity index (χ0n) is 15.3. The van der Waals surface area contributed by atoms with Crippen molar-refractivity contribution in [2.75, 3.05) is 19.0 Å². The number of ketones is 1. The molecule has 1 heterocycles. The highest BCUT2D eigenvalue weighted by molar-refractivity contribution is 7.12. The molecule has 0 saturated carbocycles. The van der Waals surface area contributed by atoms with Gasteiger partial charge in [0.15, 0.2) is 6.61 Å². The van der Waals surface area contributed by atoms with Gasteiger partial charge in [-0.2, -0.15) is 0 Å². The van der Waals surface area contributed by atoms with Gasteiger partial charge in [-0.05, 0) is 47.8 Å². The number of methoxy groups -OCH3 is 1. The van der Waals surface area contributed by atoms with Crippen LogP contribution in [0.4, 0.5) is 10.1 Å². The molecule has 0 unspecified atom stereocenters. The molecule has 0 aliphatic carbocycles. The van der Waals surface area contributed by atoms with Gasteiger partial charge in [-0.1, -0.05) is 12.1 Å². The number of Topliss-reactive ketones (excluding diaryl/α,β-unsaturated/α-hetero) is 1. The number of ether oxygens (including phenoxy) is 2. The summed E-state index contributed by atoms with van der Waals surface area (Å²) in [4.78, 5) is 37.2. The van der Waals surface area contributed by atoms with Gasteiger partial charge in [-0.25, -0.2) is 9.18 Å². The molecule has 1 N–H and O–H groups in total. The van der Waals surface area contributed by atoms with Gasteiger partial charge in [-0.3, -0.25) is 9.59 Å². The number of anilines is 1. The van der Waals surface area contributed by atoms with E-state index in [-0.39, 0.29) is 22.8 Å². The number of benzene rings is 2. The molecule has 29 heavy (non-hydrogen) atoms. The number of amides is 1. The van der Waals surface area contributed by atoms with Gasteiger partial charge in [0.1, 0.15) is 11.6 Å². The number of rotatable bonds is 7. The van der Waals surface area contributed by atoms with Crippen LogP contribution in [0.1, 0.15) is 30.4 Å².